The molecule has 1 aliphatic heterocycles. The maximum atomic E-state index is 13.2. The van der Waals surface area contributed by atoms with Gasteiger partial charge in [-0.3, -0.25) is 14.7 Å². The Labute approximate surface area is 216 Å². The van der Waals surface area contributed by atoms with Crippen LogP contribution in [0.3, 0.4) is 0 Å². The molecule has 1 fully saturated rings. The van der Waals surface area contributed by atoms with E-state index in [4.69, 9.17) is 11.6 Å². The fourth-order valence-corrected chi connectivity index (χ4v) is 6.38. The number of carbonyl (C=O) groups excluding carboxylic acids is 1. The zero-order chi connectivity index (χ0) is 25.1. The van der Waals surface area contributed by atoms with Crippen molar-refractivity contribution < 1.29 is 13.2 Å². The molecule has 3 aromatic carbocycles. The van der Waals surface area contributed by atoms with Crippen molar-refractivity contribution in [1.29, 1.82) is 0 Å². The summed E-state index contributed by atoms with van der Waals surface area (Å²) < 4.78 is 26.4. The van der Waals surface area contributed by atoms with E-state index in [9.17, 15) is 13.2 Å². The third kappa shape index (κ3) is 5.28. The Kier molecular flexibility index (Phi) is 7.05. The summed E-state index contributed by atoms with van der Waals surface area (Å²) in [7, 11) is -3.66. The molecule has 0 bridgehead atoms. The van der Waals surface area contributed by atoms with Gasteiger partial charge in [0.2, 0.25) is 0 Å². The van der Waals surface area contributed by atoms with Crippen LogP contribution in [0, 0.1) is 0 Å². The molecule has 0 aliphatic carbocycles. The highest BCUT2D eigenvalue weighted by atomic mass is 35.5. The predicted molar refractivity (Wildman–Crippen MR) is 142 cm³/mol. The lowest BCUT2D eigenvalue weighted by Gasteiger charge is -2.35. The van der Waals surface area contributed by atoms with Gasteiger partial charge in [0.1, 0.15) is 0 Å². The number of carbonyl (C=O) groups is 1. The van der Waals surface area contributed by atoms with Crippen molar-refractivity contribution in [2.75, 3.05) is 26.2 Å². The summed E-state index contributed by atoms with van der Waals surface area (Å²) in [5.74, 6) is -0.360. The van der Waals surface area contributed by atoms with Crippen molar-refractivity contribution in [3.8, 4) is 0 Å². The third-order valence-corrected chi connectivity index (χ3v) is 8.49. The van der Waals surface area contributed by atoms with Gasteiger partial charge in [0.05, 0.1) is 26.8 Å². The van der Waals surface area contributed by atoms with Gasteiger partial charge in [-0.25, -0.2) is 8.42 Å². The lowest BCUT2D eigenvalue weighted by atomic mass is 10.1. The number of benzene rings is 3. The minimum atomic E-state index is -3.66. The smallest absolute Gasteiger partial charge is 0.255 e. The molecular weight excluding hydrogens is 494 g/mol. The molecule has 5 rings (SSSR count). The van der Waals surface area contributed by atoms with Gasteiger partial charge in [-0.1, -0.05) is 66.2 Å². The number of para-hydroxylation sites is 1. The van der Waals surface area contributed by atoms with E-state index in [0.717, 1.165) is 25.0 Å². The third-order valence-electron chi connectivity index (χ3n) is 6.46. The van der Waals surface area contributed by atoms with Gasteiger partial charge in [0.25, 0.3) is 5.91 Å². The quantitative estimate of drug-likeness (QED) is 0.365. The average molecular weight is 520 g/mol. The molecule has 8 heteroatoms. The number of halogens is 1. The molecule has 0 saturated carbocycles. The summed E-state index contributed by atoms with van der Waals surface area (Å²) in [4.78, 5) is 21.7. The predicted octanol–water partition coefficient (Wildman–Crippen LogP) is 4.82. The zero-order valence-corrected chi connectivity index (χ0v) is 21.3. The molecule has 0 spiro atoms. The van der Waals surface area contributed by atoms with Crippen LogP contribution in [-0.2, 0) is 22.1 Å². The van der Waals surface area contributed by atoms with Gasteiger partial charge in [0, 0.05) is 44.3 Å². The molecule has 1 aromatic heterocycles. The topological polar surface area (TPSA) is 70.6 Å². The lowest BCUT2D eigenvalue weighted by molar-refractivity contribution is 0.0628. The number of rotatable bonds is 6. The Morgan fingerprint density at radius 2 is 1.61 bits per heavy atom. The molecule has 1 aliphatic rings. The second-order valence-electron chi connectivity index (χ2n) is 8.96. The van der Waals surface area contributed by atoms with Crippen LogP contribution in [0.4, 0.5) is 0 Å². The van der Waals surface area contributed by atoms with E-state index in [0.29, 0.717) is 29.7 Å². The molecule has 1 saturated heterocycles. The fourth-order valence-electron chi connectivity index (χ4n) is 4.57. The molecule has 0 N–H and O–H groups in total. The largest absolute Gasteiger partial charge is 0.336 e. The van der Waals surface area contributed by atoms with Crippen LogP contribution in [0.15, 0.2) is 90.0 Å². The maximum absolute atomic E-state index is 13.2. The van der Waals surface area contributed by atoms with Crippen molar-refractivity contribution in [3.05, 3.63) is 107 Å². The summed E-state index contributed by atoms with van der Waals surface area (Å²) in [6.45, 7) is 3.67. The van der Waals surface area contributed by atoms with Gasteiger partial charge in [0.15, 0.2) is 9.84 Å². The molecule has 184 valence electrons. The number of piperazine rings is 1. The Morgan fingerprint density at radius 1 is 0.861 bits per heavy atom. The summed E-state index contributed by atoms with van der Waals surface area (Å²) >= 11 is 6.48. The second-order valence-corrected chi connectivity index (χ2v) is 11.3. The van der Waals surface area contributed by atoms with Crippen LogP contribution in [0.1, 0.15) is 21.5 Å². The number of sulfone groups is 1. The van der Waals surface area contributed by atoms with E-state index in [1.165, 1.54) is 5.56 Å². The van der Waals surface area contributed by atoms with Crippen LogP contribution in [0.2, 0.25) is 5.02 Å². The molecular formula is C28H26ClN3O3S. The first kappa shape index (κ1) is 24.4. The van der Waals surface area contributed by atoms with Crippen molar-refractivity contribution in [2.24, 2.45) is 0 Å². The number of nitrogens with zero attached hydrogens (tertiary/aromatic N) is 3. The SMILES string of the molecule is O=C(c1ccc(CS(=O)(=O)c2cccc3cccnc23)cc1Cl)N1CCN(Cc2ccccc2)CC1. The van der Waals surface area contributed by atoms with Crippen LogP contribution >= 0.6 is 11.6 Å². The zero-order valence-electron chi connectivity index (χ0n) is 19.7. The fraction of sp³-hybridized carbons (Fsp3) is 0.214. The monoisotopic (exact) mass is 519 g/mol. The minimum Gasteiger partial charge on any atom is -0.336 e. The molecule has 1 amide bonds. The summed E-state index contributed by atoms with van der Waals surface area (Å²) in [5, 5.41) is 1.02. The van der Waals surface area contributed by atoms with E-state index < -0.39 is 9.84 Å². The van der Waals surface area contributed by atoms with Crippen molar-refractivity contribution in [3.63, 3.8) is 0 Å². The lowest BCUT2D eigenvalue weighted by Crippen LogP contribution is -2.48. The van der Waals surface area contributed by atoms with E-state index in [-0.39, 0.29) is 21.6 Å². The Morgan fingerprint density at radius 3 is 2.36 bits per heavy atom. The summed E-state index contributed by atoms with van der Waals surface area (Å²) in [6, 6.07) is 23.9. The number of amides is 1. The molecule has 0 unspecified atom stereocenters. The van der Waals surface area contributed by atoms with Crippen LogP contribution in [0.5, 0.6) is 0 Å². The van der Waals surface area contributed by atoms with Gasteiger partial charge in [-0.15, -0.1) is 0 Å². The van der Waals surface area contributed by atoms with Gasteiger partial charge in [-0.05, 0) is 35.4 Å². The standard InChI is InChI=1S/C28H26ClN3O3S/c29-25-18-22(20-36(34,35)26-10-4-8-23-9-5-13-30-27(23)26)11-12-24(25)28(33)32-16-14-31(15-17-32)19-21-6-2-1-3-7-21/h1-13,18H,14-17,19-20H2. The van der Waals surface area contributed by atoms with Crippen LogP contribution < -0.4 is 0 Å². The van der Waals surface area contributed by atoms with Gasteiger partial charge >= 0.3 is 0 Å². The van der Waals surface area contributed by atoms with E-state index in [1.54, 1.807) is 47.5 Å². The van der Waals surface area contributed by atoms with Gasteiger partial charge < -0.3 is 4.90 Å². The normalized spacial score (nSPS) is 14.8. The number of hydrogen-bond acceptors (Lipinski definition) is 5. The first-order valence-corrected chi connectivity index (χ1v) is 13.8. The van der Waals surface area contributed by atoms with E-state index in [1.807, 2.05) is 30.3 Å². The highest BCUT2D eigenvalue weighted by Gasteiger charge is 2.25. The number of pyridine rings is 1. The number of fused-ring (bicyclic) bond motifs is 1. The van der Waals surface area contributed by atoms with E-state index in [2.05, 4.69) is 22.0 Å². The first-order chi connectivity index (χ1) is 17.4. The second kappa shape index (κ2) is 10.4. The van der Waals surface area contributed by atoms with Crippen molar-refractivity contribution >= 4 is 38.2 Å². The molecule has 4 aromatic rings. The highest BCUT2D eigenvalue weighted by Crippen LogP contribution is 2.27. The van der Waals surface area contributed by atoms with Crippen molar-refractivity contribution in [2.45, 2.75) is 17.2 Å². The Hall–Kier alpha value is -3.26. The summed E-state index contributed by atoms with van der Waals surface area (Å²) in [6.07, 6.45) is 1.58. The average Bonchev–Trinajstić information content (AvgIpc) is 2.89. The maximum Gasteiger partial charge on any atom is 0.255 e. The Bertz CT molecular complexity index is 1500. The first-order valence-electron chi connectivity index (χ1n) is 11.8. The number of aromatic nitrogens is 1. The molecule has 0 radical (unpaired) electrons. The van der Waals surface area contributed by atoms with E-state index >= 15 is 0 Å². The molecule has 36 heavy (non-hydrogen) atoms. The Balaban J connectivity index is 1.26. The highest BCUT2D eigenvalue weighted by molar-refractivity contribution is 7.90. The number of hydrogen-bond donors (Lipinski definition) is 0. The summed E-state index contributed by atoms with van der Waals surface area (Å²) in [5.41, 5.74) is 2.62. The molecule has 0 atom stereocenters. The van der Waals surface area contributed by atoms with Crippen molar-refractivity contribution in [1.82, 2.24) is 14.8 Å². The molecule has 2 heterocycles. The molecule has 6 nitrogen and oxygen atoms in total. The van der Waals surface area contributed by atoms with Gasteiger partial charge in [-0.2, -0.15) is 0 Å². The minimum absolute atomic E-state index is 0.132. The van der Waals surface area contributed by atoms with Crippen LogP contribution in [0.25, 0.3) is 10.9 Å². The van der Waals surface area contributed by atoms with Crippen LogP contribution in [-0.4, -0.2) is 55.3 Å².